The molecule has 1 aliphatic heterocycles. The Hall–Kier alpha value is -3.06. The van der Waals surface area contributed by atoms with Crippen LogP contribution in [0.3, 0.4) is 0 Å². The maximum absolute atomic E-state index is 12.7. The normalized spacial score (nSPS) is 16.3. The van der Waals surface area contributed by atoms with Gasteiger partial charge in [-0.2, -0.15) is 4.99 Å². The Morgan fingerprint density at radius 2 is 2.19 bits per heavy atom. The van der Waals surface area contributed by atoms with E-state index < -0.39 is 6.10 Å². The molecule has 4 rings (SSSR count). The zero-order valence-corrected chi connectivity index (χ0v) is 15.6. The number of carbonyl (C=O) groups is 1. The highest BCUT2D eigenvalue weighted by Gasteiger charge is 2.27. The van der Waals surface area contributed by atoms with Crippen molar-refractivity contribution in [2.75, 3.05) is 13.7 Å². The molecule has 3 aromatic rings. The minimum absolute atomic E-state index is 0.138. The molecule has 2 heterocycles. The zero-order valence-electron chi connectivity index (χ0n) is 14.8. The highest BCUT2D eigenvalue weighted by molar-refractivity contribution is 7.16. The number of hydrogen-bond donors (Lipinski definition) is 0. The van der Waals surface area contributed by atoms with E-state index in [-0.39, 0.29) is 12.5 Å². The molecule has 0 fully saturated rings. The zero-order chi connectivity index (χ0) is 18.8. The van der Waals surface area contributed by atoms with E-state index in [1.54, 1.807) is 19.3 Å². The number of fused-ring (bicyclic) bond motifs is 2. The Morgan fingerprint density at radius 3 is 2.96 bits per heavy atom. The maximum atomic E-state index is 12.7. The van der Waals surface area contributed by atoms with Crippen LogP contribution in [-0.2, 0) is 11.3 Å². The summed E-state index contributed by atoms with van der Waals surface area (Å²) >= 11 is 1.42. The van der Waals surface area contributed by atoms with Crippen LogP contribution in [0.15, 0.2) is 60.1 Å². The van der Waals surface area contributed by atoms with Gasteiger partial charge in [-0.15, -0.1) is 6.58 Å². The second-order valence-corrected chi connectivity index (χ2v) is 6.94. The lowest BCUT2D eigenvalue weighted by atomic mass is 10.2. The van der Waals surface area contributed by atoms with Gasteiger partial charge in [0.25, 0.3) is 5.91 Å². The first-order valence-electron chi connectivity index (χ1n) is 8.45. The number of methoxy groups -OCH3 is 1. The SMILES string of the molecule is C=CCn1c(=NC(=O)[C@@H]2COc3ccccc3O2)sc2cc(OC)ccc21. The van der Waals surface area contributed by atoms with Gasteiger partial charge in [-0.3, -0.25) is 4.79 Å². The van der Waals surface area contributed by atoms with E-state index in [0.29, 0.717) is 22.8 Å². The Morgan fingerprint density at radius 1 is 1.37 bits per heavy atom. The lowest BCUT2D eigenvalue weighted by Gasteiger charge is -2.23. The molecule has 0 saturated carbocycles. The predicted molar refractivity (Wildman–Crippen MR) is 103 cm³/mol. The van der Waals surface area contributed by atoms with E-state index in [1.165, 1.54) is 11.3 Å². The fraction of sp³-hybridized carbons (Fsp3) is 0.200. The number of amides is 1. The van der Waals surface area contributed by atoms with E-state index in [9.17, 15) is 4.79 Å². The van der Waals surface area contributed by atoms with Gasteiger partial charge in [0.15, 0.2) is 16.3 Å². The van der Waals surface area contributed by atoms with Crippen molar-refractivity contribution in [2.45, 2.75) is 12.6 Å². The van der Waals surface area contributed by atoms with Crippen molar-refractivity contribution in [3.8, 4) is 17.2 Å². The maximum Gasteiger partial charge on any atom is 0.292 e. The average Bonchev–Trinajstić information content (AvgIpc) is 3.04. The van der Waals surface area contributed by atoms with Crippen molar-refractivity contribution in [1.29, 1.82) is 0 Å². The quantitative estimate of drug-likeness (QED) is 0.651. The fourth-order valence-corrected chi connectivity index (χ4v) is 3.95. The fourth-order valence-electron chi connectivity index (χ4n) is 2.88. The lowest BCUT2D eigenvalue weighted by Crippen LogP contribution is -2.36. The van der Waals surface area contributed by atoms with Crippen LogP contribution in [0, 0.1) is 0 Å². The molecule has 0 spiro atoms. The molecule has 0 N–H and O–H groups in total. The van der Waals surface area contributed by atoms with Gasteiger partial charge in [0, 0.05) is 6.54 Å². The van der Waals surface area contributed by atoms with Crippen molar-refractivity contribution in [2.24, 2.45) is 4.99 Å². The Balaban J connectivity index is 1.70. The standard InChI is InChI=1S/C20H18N2O4S/c1-3-10-22-14-9-8-13(24-2)11-18(14)27-20(22)21-19(23)17-12-25-15-6-4-5-7-16(15)26-17/h3-9,11,17H,1,10,12H2,2H3/t17-/m0/s1. The van der Waals surface area contributed by atoms with Crippen LogP contribution >= 0.6 is 11.3 Å². The van der Waals surface area contributed by atoms with Crippen molar-refractivity contribution in [3.05, 3.63) is 59.9 Å². The Bertz CT molecular complexity index is 1080. The van der Waals surface area contributed by atoms with Crippen LogP contribution in [0.2, 0.25) is 0 Å². The van der Waals surface area contributed by atoms with Gasteiger partial charge in [0.1, 0.15) is 12.4 Å². The molecule has 138 valence electrons. The molecule has 7 heteroatoms. The van der Waals surface area contributed by atoms with Crippen molar-refractivity contribution in [1.82, 2.24) is 4.57 Å². The summed E-state index contributed by atoms with van der Waals surface area (Å²) in [7, 11) is 1.62. The first-order chi connectivity index (χ1) is 13.2. The van der Waals surface area contributed by atoms with E-state index >= 15 is 0 Å². The second-order valence-electron chi connectivity index (χ2n) is 5.93. The molecule has 0 unspecified atom stereocenters. The van der Waals surface area contributed by atoms with Gasteiger partial charge >= 0.3 is 0 Å². The molecule has 0 aliphatic carbocycles. The summed E-state index contributed by atoms with van der Waals surface area (Å²) in [6, 6.07) is 13.0. The number of benzene rings is 2. The molecule has 0 bridgehead atoms. The Kier molecular flexibility index (Phi) is 4.68. The number of nitrogens with zero attached hydrogens (tertiary/aromatic N) is 2. The van der Waals surface area contributed by atoms with Crippen LogP contribution in [0.5, 0.6) is 17.2 Å². The molecular formula is C20H18N2O4S. The summed E-state index contributed by atoms with van der Waals surface area (Å²) in [6.45, 7) is 4.48. The molecule has 1 atom stereocenters. The minimum atomic E-state index is -0.767. The number of aromatic nitrogens is 1. The summed E-state index contributed by atoms with van der Waals surface area (Å²) in [5.41, 5.74) is 0.971. The highest BCUT2D eigenvalue weighted by Crippen LogP contribution is 2.31. The summed E-state index contributed by atoms with van der Waals surface area (Å²) in [5, 5.41) is 0. The van der Waals surface area contributed by atoms with E-state index in [4.69, 9.17) is 14.2 Å². The molecule has 27 heavy (non-hydrogen) atoms. The van der Waals surface area contributed by atoms with Crippen LogP contribution in [0.25, 0.3) is 10.2 Å². The van der Waals surface area contributed by atoms with Gasteiger partial charge in [0.2, 0.25) is 6.10 Å². The number of thiazole rings is 1. The van der Waals surface area contributed by atoms with Gasteiger partial charge in [0.05, 0.1) is 17.3 Å². The number of carbonyl (C=O) groups excluding carboxylic acids is 1. The van der Waals surface area contributed by atoms with Gasteiger partial charge < -0.3 is 18.8 Å². The third-order valence-electron chi connectivity index (χ3n) is 4.19. The molecule has 1 amide bonds. The summed E-state index contributed by atoms with van der Waals surface area (Å²) in [6.07, 6.45) is 1.01. The monoisotopic (exact) mass is 382 g/mol. The smallest absolute Gasteiger partial charge is 0.292 e. The van der Waals surface area contributed by atoms with Crippen LogP contribution < -0.4 is 19.0 Å². The van der Waals surface area contributed by atoms with Crippen LogP contribution in [-0.4, -0.2) is 30.3 Å². The lowest BCUT2D eigenvalue weighted by molar-refractivity contribution is -0.127. The molecule has 1 aliphatic rings. The topological polar surface area (TPSA) is 62.1 Å². The van der Waals surface area contributed by atoms with E-state index in [0.717, 1.165) is 16.0 Å². The molecule has 1 aromatic heterocycles. The minimum Gasteiger partial charge on any atom is -0.497 e. The molecule has 0 radical (unpaired) electrons. The number of para-hydroxylation sites is 2. The molecule has 2 aromatic carbocycles. The third kappa shape index (κ3) is 3.33. The van der Waals surface area contributed by atoms with Gasteiger partial charge in [-0.25, -0.2) is 0 Å². The first kappa shape index (κ1) is 17.4. The van der Waals surface area contributed by atoms with Crippen LogP contribution in [0.4, 0.5) is 0 Å². The van der Waals surface area contributed by atoms with Crippen molar-refractivity contribution < 1.29 is 19.0 Å². The largest absolute Gasteiger partial charge is 0.497 e. The number of hydrogen-bond acceptors (Lipinski definition) is 5. The number of allylic oxidation sites excluding steroid dienone is 1. The van der Waals surface area contributed by atoms with Crippen LogP contribution in [0.1, 0.15) is 0 Å². The van der Waals surface area contributed by atoms with Gasteiger partial charge in [-0.05, 0) is 30.3 Å². The second kappa shape index (κ2) is 7.28. The Labute approximate surface area is 159 Å². The predicted octanol–water partition coefficient (Wildman–Crippen LogP) is 3.16. The van der Waals surface area contributed by atoms with Crippen molar-refractivity contribution in [3.63, 3.8) is 0 Å². The molecular weight excluding hydrogens is 364 g/mol. The summed E-state index contributed by atoms with van der Waals surface area (Å²) in [4.78, 5) is 17.6. The first-order valence-corrected chi connectivity index (χ1v) is 9.26. The summed E-state index contributed by atoms with van der Waals surface area (Å²) in [5.74, 6) is 1.57. The highest BCUT2D eigenvalue weighted by atomic mass is 32.1. The number of ether oxygens (including phenoxy) is 3. The van der Waals surface area contributed by atoms with Crippen molar-refractivity contribution >= 4 is 27.5 Å². The van der Waals surface area contributed by atoms with E-state index in [2.05, 4.69) is 11.6 Å². The molecule has 6 nitrogen and oxygen atoms in total. The van der Waals surface area contributed by atoms with E-state index in [1.807, 2.05) is 41.0 Å². The molecule has 0 saturated heterocycles. The summed E-state index contributed by atoms with van der Waals surface area (Å²) < 4.78 is 19.6. The number of rotatable bonds is 4. The van der Waals surface area contributed by atoms with Gasteiger partial charge in [-0.1, -0.05) is 29.5 Å². The third-order valence-corrected chi connectivity index (χ3v) is 5.23. The average molecular weight is 382 g/mol.